The van der Waals surface area contributed by atoms with E-state index in [9.17, 15) is 36.4 Å². The number of rotatable bonds is 15. The van der Waals surface area contributed by atoms with Crippen LogP contribution in [0, 0.1) is 12.1 Å². The number of benzene rings is 2. The minimum absolute atomic E-state index is 0.120. The highest BCUT2D eigenvalue weighted by molar-refractivity contribution is 7.90. The van der Waals surface area contributed by atoms with Crippen molar-refractivity contribution in [1.29, 1.82) is 0 Å². The minimum Gasteiger partial charge on any atom is -0.569 e. The molecule has 0 aliphatic carbocycles. The number of carbonyl (C=O) groups excluding carboxylic acids is 2. The second-order valence-electron chi connectivity index (χ2n) is 10.5. The van der Waals surface area contributed by atoms with E-state index >= 15 is 0 Å². The SMILES string of the molecule is Cc1ccc(-c2cc(C(F)(F)F)nn2-c2ccc(S(=O)(=O)NC(=O)OCCCCCN(C)/[N+]([O-])=N/OCOC(=O)OC(C)C)cc2)cc1. The molecule has 48 heavy (non-hydrogen) atoms. The topological polar surface area (TPSA) is 177 Å². The molecule has 0 unspecified atom stereocenters. The molecule has 0 saturated carbocycles. The zero-order valence-electron chi connectivity index (χ0n) is 26.5. The molecule has 0 aliphatic rings. The zero-order chi connectivity index (χ0) is 35.5. The molecule has 0 atom stereocenters. The number of ether oxygens (including phenoxy) is 3. The van der Waals surface area contributed by atoms with E-state index in [1.54, 1.807) is 42.8 Å². The first kappa shape index (κ1) is 37.4. The lowest BCUT2D eigenvalue weighted by atomic mass is 10.1. The number of alkyl halides is 3. The zero-order valence-corrected chi connectivity index (χ0v) is 27.3. The van der Waals surface area contributed by atoms with Crippen molar-refractivity contribution in [3.8, 4) is 16.9 Å². The third-order valence-corrected chi connectivity index (χ3v) is 7.62. The molecule has 1 N–H and O–H groups in total. The maximum atomic E-state index is 13.5. The Morgan fingerprint density at radius 2 is 1.73 bits per heavy atom. The molecule has 0 spiro atoms. The number of unbranched alkanes of at least 4 members (excludes halogenated alkanes) is 2. The van der Waals surface area contributed by atoms with Gasteiger partial charge in [-0.05, 0) is 70.4 Å². The smallest absolute Gasteiger partial charge is 0.511 e. The minimum atomic E-state index is -4.71. The third-order valence-electron chi connectivity index (χ3n) is 6.30. The summed E-state index contributed by atoms with van der Waals surface area (Å²) < 4.78 is 82.9. The van der Waals surface area contributed by atoms with E-state index in [2.05, 4.69) is 20.0 Å². The van der Waals surface area contributed by atoms with E-state index in [0.29, 0.717) is 24.8 Å². The van der Waals surface area contributed by atoms with Crippen molar-refractivity contribution in [2.75, 3.05) is 27.0 Å². The number of carbonyl (C=O) groups is 2. The Balaban J connectivity index is 1.46. The summed E-state index contributed by atoms with van der Waals surface area (Å²) in [5, 5.41) is 19.9. The number of hydrogen-bond acceptors (Lipinski definition) is 11. The van der Waals surface area contributed by atoms with Crippen LogP contribution in [0.2, 0.25) is 0 Å². The van der Waals surface area contributed by atoms with Crippen LogP contribution in [0.4, 0.5) is 22.8 Å². The molecule has 1 amide bonds. The summed E-state index contributed by atoms with van der Waals surface area (Å²) in [5.74, 6) is 0. The summed E-state index contributed by atoms with van der Waals surface area (Å²) in [6.45, 7) is 4.60. The number of hydrogen-bond donors (Lipinski definition) is 1. The molecule has 0 fully saturated rings. The van der Waals surface area contributed by atoms with Gasteiger partial charge in [-0.1, -0.05) is 29.8 Å². The van der Waals surface area contributed by atoms with E-state index in [1.807, 2.05) is 6.92 Å². The summed E-state index contributed by atoms with van der Waals surface area (Å²) >= 11 is 0. The molecule has 0 radical (unpaired) electrons. The standard InChI is InChI=1S/C29H35F3N6O9S/c1-20(2)47-28(40)45-19-46-35-38(41)36(4)16-6-5-7-17-44-27(39)34-48(42,43)24-14-12-23(13-15-24)37-25(18-26(33-37)29(30,31)32)22-10-8-21(3)9-11-22/h8-15,18,20H,5-7,16-17,19H2,1-4H3,(H,34,39)/b38-35-. The van der Waals surface area contributed by atoms with E-state index in [4.69, 9.17) is 9.47 Å². The molecule has 3 aromatic rings. The second-order valence-corrected chi connectivity index (χ2v) is 12.2. The number of nitrogens with one attached hydrogen (secondary N) is 1. The summed E-state index contributed by atoms with van der Waals surface area (Å²) in [4.78, 5) is 27.8. The summed E-state index contributed by atoms with van der Waals surface area (Å²) in [7, 11) is -2.93. The number of amides is 1. The maximum Gasteiger partial charge on any atom is 0.511 e. The molecule has 262 valence electrons. The molecule has 1 heterocycles. The van der Waals surface area contributed by atoms with E-state index in [1.165, 1.54) is 24.2 Å². The van der Waals surface area contributed by atoms with Gasteiger partial charge in [-0.3, -0.25) is 0 Å². The molecular weight excluding hydrogens is 665 g/mol. The van der Waals surface area contributed by atoms with Gasteiger partial charge in [0.1, 0.15) is 0 Å². The Kier molecular flexibility index (Phi) is 13.0. The molecule has 2 aromatic carbocycles. The van der Waals surface area contributed by atoms with Crippen LogP contribution >= 0.6 is 0 Å². The van der Waals surface area contributed by atoms with Gasteiger partial charge in [-0.25, -0.2) is 27.4 Å². The molecule has 3 rings (SSSR count). The maximum absolute atomic E-state index is 13.5. The number of nitrogens with zero attached hydrogens (tertiary/aromatic N) is 5. The largest absolute Gasteiger partial charge is 0.569 e. The Morgan fingerprint density at radius 3 is 2.35 bits per heavy atom. The fraction of sp³-hybridized carbons (Fsp3) is 0.414. The number of halogens is 3. The Morgan fingerprint density at radius 1 is 1.06 bits per heavy atom. The van der Waals surface area contributed by atoms with Gasteiger partial charge in [0.2, 0.25) is 5.28 Å². The van der Waals surface area contributed by atoms with Crippen molar-refractivity contribution in [3.63, 3.8) is 0 Å². The van der Waals surface area contributed by atoms with Gasteiger partial charge in [0.25, 0.3) is 16.8 Å². The quantitative estimate of drug-likeness (QED) is 0.0513. The highest BCUT2D eigenvalue weighted by Gasteiger charge is 2.35. The molecule has 0 saturated heterocycles. The summed E-state index contributed by atoms with van der Waals surface area (Å²) in [5.41, 5.74) is 0.571. The van der Waals surface area contributed by atoms with E-state index in [0.717, 1.165) is 28.4 Å². The Labute approximate surface area is 274 Å². The van der Waals surface area contributed by atoms with Crippen LogP contribution in [0.1, 0.15) is 44.4 Å². The van der Waals surface area contributed by atoms with Gasteiger partial charge >= 0.3 is 18.4 Å². The fourth-order valence-electron chi connectivity index (χ4n) is 3.92. The number of hydrazine groups is 1. The van der Waals surface area contributed by atoms with Gasteiger partial charge in [-0.15, -0.1) is 5.01 Å². The number of sulfonamides is 1. The van der Waals surface area contributed by atoms with Gasteiger partial charge in [0.15, 0.2) is 5.69 Å². The van der Waals surface area contributed by atoms with Crippen LogP contribution in [-0.2, 0) is 35.2 Å². The van der Waals surface area contributed by atoms with Crippen LogP contribution in [0.25, 0.3) is 16.9 Å². The van der Waals surface area contributed by atoms with Crippen LogP contribution in [0.3, 0.4) is 0 Å². The first-order valence-corrected chi connectivity index (χ1v) is 15.9. The monoisotopic (exact) mass is 700 g/mol. The predicted molar refractivity (Wildman–Crippen MR) is 162 cm³/mol. The lowest BCUT2D eigenvalue weighted by Gasteiger charge is -2.13. The lowest BCUT2D eigenvalue weighted by Crippen LogP contribution is -2.31. The summed E-state index contributed by atoms with van der Waals surface area (Å²) in [6, 6.07) is 12.5. The molecule has 15 nitrogen and oxygen atoms in total. The molecule has 0 aliphatic heterocycles. The first-order valence-electron chi connectivity index (χ1n) is 14.5. The third kappa shape index (κ3) is 11.3. The second kappa shape index (κ2) is 16.7. The molecule has 19 heteroatoms. The van der Waals surface area contributed by atoms with Crippen molar-refractivity contribution in [2.24, 2.45) is 5.28 Å². The molecular formula is C29H35F3N6O9S. The van der Waals surface area contributed by atoms with Crippen molar-refractivity contribution < 1.29 is 55.2 Å². The van der Waals surface area contributed by atoms with Crippen LogP contribution in [0.5, 0.6) is 0 Å². The van der Waals surface area contributed by atoms with Gasteiger partial charge in [-0.2, -0.15) is 18.3 Å². The first-order chi connectivity index (χ1) is 22.6. The van der Waals surface area contributed by atoms with E-state index < -0.39 is 40.9 Å². The molecule has 0 bridgehead atoms. The fourth-order valence-corrected chi connectivity index (χ4v) is 4.81. The van der Waals surface area contributed by atoms with Gasteiger partial charge in [0, 0.05) is 5.56 Å². The van der Waals surface area contributed by atoms with Crippen LogP contribution in [-0.4, -0.2) is 73.5 Å². The van der Waals surface area contributed by atoms with Crippen molar-refractivity contribution in [3.05, 3.63) is 71.1 Å². The normalized spacial score (nSPS) is 12.0. The van der Waals surface area contributed by atoms with Crippen molar-refractivity contribution in [1.82, 2.24) is 19.5 Å². The van der Waals surface area contributed by atoms with Gasteiger partial charge in [0.05, 0.1) is 47.5 Å². The summed E-state index contributed by atoms with van der Waals surface area (Å²) in [6.07, 6.45) is -5.96. The average molecular weight is 701 g/mol. The predicted octanol–water partition coefficient (Wildman–Crippen LogP) is 5.71. The Hall–Kier alpha value is -5.07. The number of aromatic nitrogens is 2. The average Bonchev–Trinajstić information content (AvgIpc) is 3.47. The van der Waals surface area contributed by atoms with E-state index in [-0.39, 0.29) is 40.5 Å². The lowest BCUT2D eigenvalue weighted by molar-refractivity contribution is -0.706. The van der Waals surface area contributed by atoms with Gasteiger partial charge < -0.3 is 24.3 Å². The molecule has 1 aromatic heterocycles. The van der Waals surface area contributed by atoms with Crippen LogP contribution in [0.15, 0.2) is 64.8 Å². The van der Waals surface area contributed by atoms with Crippen molar-refractivity contribution in [2.45, 2.75) is 57.2 Å². The highest BCUT2D eigenvalue weighted by Crippen LogP contribution is 2.33. The van der Waals surface area contributed by atoms with Crippen molar-refractivity contribution >= 4 is 22.3 Å². The Bertz CT molecular complexity index is 1660. The number of aryl methyl sites for hydroxylation is 1. The van der Waals surface area contributed by atoms with Crippen LogP contribution < -0.4 is 4.72 Å². The highest BCUT2D eigenvalue weighted by atomic mass is 32.2.